The second kappa shape index (κ2) is 20.7. The number of carbonyl (C=O) groups excluding carboxylic acids is 1. The summed E-state index contributed by atoms with van der Waals surface area (Å²) in [6, 6.07) is 0. The van der Waals surface area contributed by atoms with E-state index in [0.717, 1.165) is 25.7 Å². The Morgan fingerprint density at radius 2 is 1.43 bits per heavy atom. The molecule has 0 amide bonds. The number of carboxylic acid groups (broad SMARTS) is 1. The van der Waals surface area contributed by atoms with Gasteiger partial charge in [-0.3, -0.25) is 9.59 Å². The van der Waals surface area contributed by atoms with E-state index in [1.165, 1.54) is 0 Å². The first-order chi connectivity index (χ1) is 16.6. The maximum absolute atomic E-state index is 12.0. The predicted octanol–water partition coefficient (Wildman–Crippen LogP) is 5.53. The predicted molar refractivity (Wildman–Crippen MR) is 144 cm³/mol. The fourth-order valence-corrected chi connectivity index (χ4v) is 3.05. The lowest BCUT2D eigenvalue weighted by Crippen LogP contribution is -2.43. The second-order valence-corrected chi connectivity index (χ2v) is 9.34. The monoisotopic (exact) mass is 488 g/mol. The Morgan fingerprint density at radius 3 is 1.97 bits per heavy atom. The normalized spacial score (nSPS) is 14.9. The summed E-state index contributed by atoms with van der Waals surface area (Å²) >= 11 is 0. The molecule has 0 saturated carbocycles. The molecule has 0 aliphatic heterocycles. The number of aliphatic hydroxyl groups is 1. The highest BCUT2D eigenvalue weighted by Gasteiger charge is 2.24. The first kappa shape index (κ1) is 32.3. The van der Waals surface area contributed by atoms with Crippen molar-refractivity contribution in [1.29, 1.82) is 0 Å². The molecule has 0 fully saturated rings. The molecule has 0 rings (SSSR count). The number of nitrogens with zero attached hydrogens (tertiary/aromatic N) is 1. The van der Waals surface area contributed by atoms with Gasteiger partial charge in [0.25, 0.3) is 0 Å². The SMILES string of the molecule is CC/C=C/C=C/C(O)C/C=C/C/C=C/C/C=C/C/C=C/CCC(=O)OC(CC(=O)O)C[N+](C)(C)C. The number of likely N-dealkylation sites (N-methyl/N-ethyl adjacent to an activating group) is 1. The van der Waals surface area contributed by atoms with E-state index < -0.39 is 18.2 Å². The van der Waals surface area contributed by atoms with Gasteiger partial charge in [0.2, 0.25) is 0 Å². The van der Waals surface area contributed by atoms with Crippen molar-refractivity contribution in [3.05, 3.63) is 72.9 Å². The molecule has 0 heterocycles. The topological polar surface area (TPSA) is 83.8 Å². The van der Waals surface area contributed by atoms with Crippen molar-refractivity contribution in [2.45, 2.75) is 70.5 Å². The number of hydrogen-bond acceptors (Lipinski definition) is 4. The molecule has 0 aromatic rings. The number of aliphatic carboxylic acids is 1. The number of carbonyl (C=O) groups is 2. The summed E-state index contributed by atoms with van der Waals surface area (Å²) in [4.78, 5) is 23.0. The number of ether oxygens (including phenoxy) is 1. The summed E-state index contributed by atoms with van der Waals surface area (Å²) in [5.74, 6) is -1.33. The van der Waals surface area contributed by atoms with Gasteiger partial charge in [0.15, 0.2) is 6.10 Å². The lowest BCUT2D eigenvalue weighted by Gasteiger charge is -2.28. The van der Waals surface area contributed by atoms with Crippen LogP contribution in [0.3, 0.4) is 0 Å². The van der Waals surface area contributed by atoms with Gasteiger partial charge < -0.3 is 19.4 Å². The van der Waals surface area contributed by atoms with Crippen molar-refractivity contribution in [3.63, 3.8) is 0 Å². The molecule has 6 heteroatoms. The van der Waals surface area contributed by atoms with Crippen LogP contribution in [0, 0.1) is 0 Å². The number of carboxylic acids is 1. The van der Waals surface area contributed by atoms with E-state index in [4.69, 9.17) is 9.84 Å². The third kappa shape index (κ3) is 24.2. The number of quaternary nitrogens is 1. The molecule has 2 N–H and O–H groups in total. The highest BCUT2D eigenvalue weighted by molar-refractivity contribution is 5.71. The first-order valence-electron chi connectivity index (χ1n) is 12.5. The molecule has 2 atom stereocenters. The molecule has 35 heavy (non-hydrogen) atoms. The van der Waals surface area contributed by atoms with Crippen molar-refractivity contribution < 1.29 is 29.0 Å². The van der Waals surface area contributed by atoms with Gasteiger partial charge in [0, 0.05) is 6.42 Å². The fourth-order valence-electron chi connectivity index (χ4n) is 3.05. The minimum atomic E-state index is -0.965. The van der Waals surface area contributed by atoms with E-state index in [-0.39, 0.29) is 18.8 Å². The Morgan fingerprint density at radius 1 is 0.857 bits per heavy atom. The van der Waals surface area contributed by atoms with E-state index >= 15 is 0 Å². The second-order valence-electron chi connectivity index (χ2n) is 9.34. The highest BCUT2D eigenvalue weighted by Crippen LogP contribution is 2.08. The summed E-state index contributed by atoms with van der Waals surface area (Å²) in [7, 11) is 5.81. The van der Waals surface area contributed by atoms with Crippen LogP contribution in [-0.2, 0) is 14.3 Å². The molecule has 0 spiro atoms. The summed E-state index contributed by atoms with van der Waals surface area (Å²) in [5, 5.41) is 18.8. The van der Waals surface area contributed by atoms with Crippen LogP contribution >= 0.6 is 0 Å². The lowest BCUT2D eigenvalue weighted by molar-refractivity contribution is -0.873. The molecule has 196 valence electrons. The molecule has 0 bridgehead atoms. The minimum absolute atomic E-state index is 0.176. The van der Waals surface area contributed by atoms with Crippen LogP contribution in [0.4, 0.5) is 0 Å². The van der Waals surface area contributed by atoms with Gasteiger partial charge >= 0.3 is 11.9 Å². The van der Waals surface area contributed by atoms with Crippen LogP contribution in [0.1, 0.15) is 58.3 Å². The van der Waals surface area contributed by atoms with E-state index in [1.54, 1.807) is 6.08 Å². The van der Waals surface area contributed by atoms with E-state index in [9.17, 15) is 14.7 Å². The van der Waals surface area contributed by atoms with Crippen molar-refractivity contribution in [2.75, 3.05) is 27.7 Å². The number of esters is 1. The molecular formula is C29H46NO5+. The molecule has 0 aromatic heterocycles. The largest absolute Gasteiger partial charge is 0.481 e. The Kier molecular flexibility index (Phi) is 19.1. The molecule has 0 saturated heterocycles. The fraction of sp³-hybridized carbons (Fsp3) is 0.517. The maximum atomic E-state index is 12.0. The maximum Gasteiger partial charge on any atom is 0.307 e. The van der Waals surface area contributed by atoms with Crippen LogP contribution in [-0.4, -0.2) is 66.5 Å². The number of aliphatic hydroxyl groups excluding tert-OH is 1. The number of hydrogen-bond donors (Lipinski definition) is 2. The molecular weight excluding hydrogens is 442 g/mol. The van der Waals surface area contributed by atoms with E-state index in [0.29, 0.717) is 23.9 Å². The number of allylic oxidation sites excluding steroid dienone is 10. The summed E-state index contributed by atoms with van der Waals surface area (Å²) < 4.78 is 5.90. The van der Waals surface area contributed by atoms with E-state index in [2.05, 4.69) is 37.3 Å². The zero-order valence-corrected chi connectivity index (χ0v) is 22.0. The average Bonchev–Trinajstić information content (AvgIpc) is 2.75. The Bertz CT molecular complexity index is 754. The summed E-state index contributed by atoms with van der Waals surface area (Å²) in [6.45, 7) is 2.53. The van der Waals surface area contributed by atoms with Crippen molar-refractivity contribution >= 4 is 11.9 Å². The smallest absolute Gasteiger partial charge is 0.307 e. The highest BCUT2D eigenvalue weighted by atomic mass is 16.5. The Balaban J connectivity index is 3.97. The molecule has 0 aliphatic rings. The third-order valence-corrected chi connectivity index (χ3v) is 4.64. The average molecular weight is 489 g/mol. The summed E-state index contributed by atoms with van der Waals surface area (Å²) in [6.07, 6.45) is 27.8. The standard InChI is InChI=1S/C29H45NO5/c1-5-6-7-18-21-26(31)22-19-16-14-12-10-8-9-11-13-15-17-20-23-29(34)35-27(24-28(32)33)25-30(2,3)4/h6-7,9-12,15-19,21,26-27,31H,5,8,13-14,20,22-25H2,1-4H3/p+1/b7-6+,11-9+,12-10+,17-15+,19-16+,21-18+. The van der Waals surface area contributed by atoms with Gasteiger partial charge in [0.05, 0.1) is 33.7 Å². The molecule has 0 aliphatic carbocycles. The molecule has 0 radical (unpaired) electrons. The van der Waals surface area contributed by atoms with Gasteiger partial charge in [-0.25, -0.2) is 0 Å². The van der Waals surface area contributed by atoms with Crippen LogP contribution in [0.25, 0.3) is 0 Å². The van der Waals surface area contributed by atoms with Crippen LogP contribution in [0.15, 0.2) is 72.9 Å². The van der Waals surface area contributed by atoms with Gasteiger partial charge in [-0.05, 0) is 38.5 Å². The van der Waals surface area contributed by atoms with Crippen molar-refractivity contribution in [2.24, 2.45) is 0 Å². The third-order valence-electron chi connectivity index (χ3n) is 4.64. The Labute approximate surface area is 212 Å². The van der Waals surface area contributed by atoms with E-state index in [1.807, 2.05) is 57.6 Å². The van der Waals surface area contributed by atoms with Crippen molar-refractivity contribution in [3.8, 4) is 0 Å². The molecule has 2 unspecified atom stereocenters. The van der Waals surface area contributed by atoms with Gasteiger partial charge in [-0.2, -0.15) is 0 Å². The first-order valence-corrected chi connectivity index (χ1v) is 12.5. The van der Waals surface area contributed by atoms with Gasteiger partial charge in [-0.15, -0.1) is 0 Å². The van der Waals surface area contributed by atoms with Gasteiger partial charge in [0.1, 0.15) is 6.54 Å². The van der Waals surface area contributed by atoms with Crippen LogP contribution < -0.4 is 0 Å². The molecule has 0 aromatic carbocycles. The zero-order valence-electron chi connectivity index (χ0n) is 22.0. The lowest BCUT2D eigenvalue weighted by atomic mass is 10.2. The Hall–Kier alpha value is -2.70. The molecule has 6 nitrogen and oxygen atoms in total. The van der Waals surface area contributed by atoms with Crippen LogP contribution in [0.5, 0.6) is 0 Å². The summed E-state index contributed by atoms with van der Waals surface area (Å²) in [5.41, 5.74) is 0. The minimum Gasteiger partial charge on any atom is -0.481 e. The zero-order chi connectivity index (χ0) is 26.4. The quantitative estimate of drug-likeness (QED) is 0.108. The number of rotatable bonds is 19. The van der Waals surface area contributed by atoms with Gasteiger partial charge in [-0.1, -0.05) is 79.8 Å². The van der Waals surface area contributed by atoms with Crippen molar-refractivity contribution in [1.82, 2.24) is 0 Å². The van der Waals surface area contributed by atoms with Crippen LogP contribution in [0.2, 0.25) is 0 Å².